The second-order valence-corrected chi connectivity index (χ2v) is 5.76. The predicted molar refractivity (Wildman–Crippen MR) is 77.9 cm³/mol. The minimum Gasteiger partial charge on any atom is -0.378 e. The van der Waals surface area contributed by atoms with Gasteiger partial charge >= 0.3 is 0 Å². The van der Waals surface area contributed by atoms with E-state index in [1.165, 1.54) is 11.3 Å². The fourth-order valence-corrected chi connectivity index (χ4v) is 2.81. The van der Waals surface area contributed by atoms with Crippen LogP contribution in [0.4, 0.5) is 5.69 Å². The average Bonchev–Trinajstić information content (AvgIpc) is 2.34. The third-order valence-electron chi connectivity index (χ3n) is 4.20. The van der Waals surface area contributed by atoms with Gasteiger partial charge in [0.05, 0.1) is 5.54 Å². The van der Waals surface area contributed by atoms with Crippen LogP contribution in [0.5, 0.6) is 0 Å². The van der Waals surface area contributed by atoms with Gasteiger partial charge in [0.2, 0.25) is 0 Å². The van der Waals surface area contributed by atoms with Crippen LogP contribution in [-0.2, 0) is 0 Å². The first-order valence-corrected chi connectivity index (χ1v) is 6.80. The number of aryl methyl sites for hydroxylation is 1. The molecular formula is C15H25N3. The topological polar surface area (TPSA) is 41.3 Å². The molecule has 1 heterocycles. The molecule has 0 saturated carbocycles. The second kappa shape index (κ2) is 5.29. The van der Waals surface area contributed by atoms with Gasteiger partial charge in [0, 0.05) is 24.8 Å². The van der Waals surface area contributed by atoms with Gasteiger partial charge < -0.3 is 16.0 Å². The summed E-state index contributed by atoms with van der Waals surface area (Å²) >= 11 is 0. The minimum atomic E-state index is 0.0553. The number of benzene rings is 1. The highest BCUT2D eigenvalue weighted by Crippen LogP contribution is 2.29. The smallest absolute Gasteiger partial charge is 0.0522 e. The molecule has 1 aromatic rings. The molecule has 18 heavy (non-hydrogen) atoms. The molecule has 0 radical (unpaired) electrons. The molecule has 0 bridgehead atoms. The molecule has 2 rings (SSSR count). The zero-order valence-corrected chi connectivity index (χ0v) is 11.7. The van der Waals surface area contributed by atoms with Crippen molar-refractivity contribution < 1.29 is 0 Å². The zero-order valence-electron chi connectivity index (χ0n) is 11.7. The quantitative estimate of drug-likeness (QED) is 0.860. The van der Waals surface area contributed by atoms with E-state index < -0.39 is 0 Å². The van der Waals surface area contributed by atoms with E-state index in [0.717, 1.165) is 19.4 Å². The van der Waals surface area contributed by atoms with E-state index in [-0.39, 0.29) is 5.54 Å². The van der Waals surface area contributed by atoms with Crippen molar-refractivity contribution in [3.8, 4) is 0 Å². The number of nitrogens with two attached hydrogens (primary N) is 1. The Morgan fingerprint density at radius 2 is 2.28 bits per heavy atom. The number of rotatable bonds is 3. The standard InChI is InChI=1S/C15H25N3/c1-12-5-4-6-14(9-12)17-15(11-16)7-8-18(3)13(2)10-15/h4-6,9,13,17H,7-8,10-11,16H2,1-3H3. The summed E-state index contributed by atoms with van der Waals surface area (Å²) in [5, 5.41) is 3.68. The molecule has 1 aromatic carbocycles. The molecule has 0 aliphatic carbocycles. The van der Waals surface area contributed by atoms with Gasteiger partial charge in [0.25, 0.3) is 0 Å². The number of nitrogens with one attached hydrogen (secondary N) is 1. The van der Waals surface area contributed by atoms with Crippen LogP contribution in [0.25, 0.3) is 0 Å². The van der Waals surface area contributed by atoms with E-state index in [1.807, 2.05) is 0 Å². The lowest BCUT2D eigenvalue weighted by molar-refractivity contribution is 0.147. The van der Waals surface area contributed by atoms with Crippen molar-refractivity contribution in [1.29, 1.82) is 0 Å². The lowest BCUT2D eigenvalue weighted by Gasteiger charge is -2.45. The molecule has 3 nitrogen and oxygen atoms in total. The van der Waals surface area contributed by atoms with Crippen LogP contribution in [-0.4, -0.2) is 36.6 Å². The molecule has 100 valence electrons. The summed E-state index contributed by atoms with van der Waals surface area (Å²) in [6.45, 7) is 6.20. The zero-order chi connectivity index (χ0) is 13.2. The predicted octanol–water partition coefficient (Wildman–Crippen LogP) is 2.22. The normalized spacial score (nSPS) is 29.2. The molecule has 0 spiro atoms. The third-order valence-corrected chi connectivity index (χ3v) is 4.20. The SMILES string of the molecule is Cc1cccc(NC2(CN)CCN(C)C(C)C2)c1. The Morgan fingerprint density at radius 3 is 2.89 bits per heavy atom. The first-order chi connectivity index (χ1) is 8.54. The number of hydrogen-bond acceptors (Lipinski definition) is 3. The number of likely N-dealkylation sites (tertiary alicyclic amines) is 1. The molecule has 2 atom stereocenters. The summed E-state index contributed by atoms with van der Waals surface area (Å²) in [5.74, 6) is 0. The molecule has 0 aromatic heterocycles. The van der Waals surface area contributed by atoms with Crippen molar-refractivity contribution >= 4 is 5.69 Å². The summed E-state index contributed by atoms with van der Waals surface area (Å²) in [6, 6.07) is 9.13. The molecule has 1 aliphatic rings. The minimum absolute atomic E-state index is 0.0553. The van der Waals surface area contributed by atoms with Gasteiger partial charge in [-0.25, -0.2) is 0 Å². The molecular weight excluding hydrogens is 222 g/mol. The maximum absolute atomic E-state index is 6.05. The summed E-state index contributed by atoms with van der Waals surface area (Å²) in [7, 11) is 2.19. The van der Waals surface area contributed by atoms with Crippen LogP contribution in [0, 0.1) is 6.92 Å². The van der Waals surface area contributed by atoms with E-state index in [1.54, 1.807) is 0 Å². The molecule has 1 fully saturated rings. The Balaban J connectivity index is 2.13. The molecule has 3 N–H and O–H groups in total. The Bertz CT molecular complexity index is 404. The van der Waals surface area contributed by atoms with Gasteiger partial charge in [-0.2, -0.15) is 0 Å². The van der Waals surface area contributed by atoms with Crippen LogP contribution < -0.4 is 11.1 Å². The van der Waals surface area contributed by atoms with Crippen molar-refractivity contribution in [3.63, 3.8) is 0 Å². The Kier molecular flexibility index (Phi) is 3.93. The summed E-state index contributed by atoms with van der Waals surface area (Å²) in [5.41, 5.74) is 8.58. The Hall–Kier alpha value is -1.06. The lowest BCUT2D eigenvalue weighted by Crippen LogP contribution is -2.55. The van der Waals surface area contributed by atoms with Crippen LogP contribution in [0.1, 0.15) is 25.3 Å². The molecule has 2 unspecified atom stereocenters. The molecule has 3 heteroatoms. The fraction of sp³-hybridized carbons (Fsp3) is 0.600. The first-order valence-electron chi connectivity index (χ1n) is 6.80. The second-order valence-electron chi connectivity index (χ2n) is 5.76. The highest BCUT2D eigenvalue weighted by atomic mass is 15.2. The maximum Gasteiger partial charge on any atom is 0.0522 e. The number of piperidine rings is 1. The van der Waals surface area contributed by atoms with Crippen LogP contribution in [0.15, 0.2) is 24.3 Å². The van der Waals surface area contributed by atoms with E-state index in [0.29, 0.717) is 12.6 Å². The Labute approximate surface area is 110 Å². The van der Waals surface area contributed by atoms with Gasteiger partial charge in [-0.15, -0.1) is 0 Å². The van der Waals surface area contributed by atoms with Crippen molar-refractivity contribution in [1.82, 2.24) is 4.90 Å². The monoisotopic (exact) mass is 247 g/mol. The number of nitrogens with zero attached hydrogens (tertiary/aromatic N) is 1. The third kappa shape index (κ3) is 2.85. The fourth-order valence-electron chi connectivity index (χ4n) is 2.81. The van der Waals surface area contributed by atoms with Crippen molar-refractivity contribution in [2.45, 2.75) is 38.3 Å². The highest BCUT2D eigenvalue weighted by molar-refractivity contribution is 5.48. The molecule has 1 saturated heterocycles. The lowest BCUT2D eigenvalue weighted by atomic mass is 9.83. The largest absolute Gasteiger partial charge is 0.378 e. The van der Waals surface area contributed by atoms with Crippen LogP contribution >= 0.6 is 0 Å². The van der Waals surface area contributed by atoms with Gasteiger partial charge in [-0.05, 0) is 51.4 Å². The van der Waals surface area contributed by atoms with Crippen molar-refractivity contribution in [2.24, 2.45) is 5.73 Å². The van der Waals surface area contributed by atoms with Gasteiger partial charge in [0.15, 0.2) is 0 Å². The van der Waals surface area contributed by atoms with Crippen LogP contribution in [0.3, 0.4) is 0 Å². The number of hydrogen-bond donors (Lipinski definition) is 2. The first kappa shape index (κ1) is 13.4. The molecule has 1 aliphatic heterocycles. The Morgan fingerprint density at radius 1 is 1.50 bits per heavy atom. The van der Waals surface area contributed by atoms with E-state index in [9.17, 15) is 0 Å². The van der Waals surface area contributed by atoms with Crippen molar-refractivity contribution in [2.75, 3.05) is 25.5 Å². The van der Waals surface area contributed by atoms with Gasteiger partial charge in [-0.3, -0.25) is 0 Å². The summed E-state index contributed by atoms with van der Waals surface area (Å²) in [6.07, 6.45) is 2.21. The van der Waals surface area contributed by atoms with E-state index in [4.69, 9.17) is 5.73 Å². The van der Waals surface area contributed by atoms with E-state index >= 15 is 0 Å². The van der Waals surface area contributed by atoms with Crippen LogP contribution in [0.2, 0.25) is 0 Å². The van der Waals surface area contributed by atoms with E-state index in [2.05, 4.69) is 55.4 Å². The average molecular weight is 247 g/mol. The van der Waals surface area contributed by atoms with Gasteiger partial charge in [0.1, 0.15) is 0 Å². The van der Waals surface area contributed by atoms with Crippen molar-refractivity contribution in [3.05, 3.63) is 29.8 Å². The summed E-state index contributed by atoms with van der Waals surface area (Å²) in [4.78, 5) is 2.41. The summed E-state index contributed by atoms with van der Waals surface area (Å²) < 4.78 is 0. The molecule has 0 amide bonds. The maximum atomic E-state index is 6.05. The van der Waals surface area contributed by atoms with Gasteiger partial charge in [-0.1, -0.05) is 12.1 Å². The highest BCUT2D eigenvalue weighted by Gasteiger charge is 2.35. The number of anilines is 1.